The van der Waals surface area contributed by atoms with Gasteiger partial charge in [-0.2, -0.15) is 0 Å². The van der Waals surface area contributed by atoms with E-state index in [9.17, 15) is 12.8 Å². The topological polar surface area (TPSA) is 105 Å². The summed E-state index contributed by atoms with van der Waals surface area (Å²) >= 11 is 0. The van der Waals surface area contributed by atoms with Gasteiger partial charge in [-0.3, -0.25) is 9.78 Å². The zero-order valence-corrected chi connectivity index (χ0v) is 16.5. The van der Waals surface area contributed by atoms with Crippen LogP contribution < -0.4 is 10.2 Å². The Balaban J connectivity index is 0.000000755. The van der Waals surface area contributed by atoms with Gasteiger partial charge in [0, 0.05) is 38.1 Å². The summed E-state index contributed by atoms with van der Waals surface area (Å²) in [5.41, 5.74) is 1.78. The Labute approximate surface area is 167 Å². The van der Waals surface area contributed by atoms with Gasteiger partial charge < -0.3 is 15.3 Å². The zero-order chi connectivity index (χ0) is 21.0. The standard InChI is InChI=1S/C18H19FN4O2S.CH2O2/c1-13-11-22(10-9-20-13)16-12-23(15-6-4-8-21-18(15)16)26(24,25)17-7-3-2-5-14(17)19;2-1-3/h2-8,12-13,20H,9-11H2,1H3;1H,(H,2,3)/t13-;/m1./s1. The second kappa shape index (κ2) is 8.58. The Morgan fingerprint density at radius 1 is 1.28 bits per heavy atom. The Bertz CT molecular complexity index is 1120. The zero-order valence-electron chi connectivity index (χ0n) is 15.7. The number of carboxylic acid groups (broad SMARTS) is 1. The molecular weight excluding hydrogens is 399 g/mol. The normalized spacial score (nSPS) is 16.9. The molecule has 4 rings (SSSR count). The quantitative estimate of drug-likeness (QED) is 0.624. The van der Waals surface area contributed by atoms with Gasteiger partial charge >= 0.3 is 0 Å². The van der Waals surface area contributed by atoms with Crippen LogP contribution in [0.1, 0.15) is 6.92 Å². The van der Waals surface area contributed by atoms with Gasteiger partial charge in [0.2, 0.25) is 0 Å². The van der Waals surface area contributed by atoms with Crippen molar-refractivity contribution in [2.75, 3.05) is 24.5 Å². The lowest BCUT2D eigenvalue weighted by atomic mass is 10.2. The van der Waals surface area contributed by atoms with E-state index in [0.29, 0.717) is 11.0 Å². The molecular formula is C19H21FN4O4S. The largest absolute Gasteiger partial charge is 0.483 e. The lowest BCUT2D eigenvalue weighted by molar-refractivity contribution is -0.122. The molecule has 1 fully saturated rings. The Kier molecular flexibility index (Phi) is 6.14. The minimum atomic E-state index is -4.07. The molecule has 2 aromatic heterocycles. The van der Waals surface area contributed by atoms with Gasteiger partial charge in [0.25, 0.3) is 16.5 Å². The van der Waals surface area contributed by atoms with E-state index in [1.54, 1.807) is 24.5 Å². The summed E-state index contributed by atoms with van der Waals surface area (Å²) in [5, 5.41) is 10.3. The van der Waals surface area contributed by atoms with Gasteiger partial charge in [0.05, 0.1) is 11.2 Å². The maximum Gasteiger partial charge on any atom is 0.290 e. The Morgan fingerprint density at radius 2 is 2.00 bits per heavy atom. The molecule has 0 aliphatic carbocycles. The number of hydrogen-bond acceptors (Lipinski definition) is 6. The molecule has 0 radical (unpaired) electrons. The Hall–Kier alpha value is -2.98. The molecule has 1 aliphatic heterocycles. The van der Waals surface area contributed by atoms with E-state index in [2.05, 4.69) is 22.1 Å². The predicted octanol–water partition coefficient (Wildman–Crippen LogP) is 1.91. The molecule has 0 unspecified atom stereocenters. The van der Waals surface area contributed by atoms with Crippen LogP contribution in [0.4, 0.5) is 10.1 Å². The molecule has 10 heteroatoms. The predicted molar refractivity (Wildman–Crippen MR) is 107 cm³/mol. The molecule has 1 aromatic carbocycles. The SMILES string of the molecule is C[C@@H]1CN(c2cn(S(=O)(=O)c3ccccc3F)c3cccnc23)CCN1.O=CO. The molecule has 3 aromatic rings. The van der Waals surface area contributed by atoms with E-state index in [1.807, 2.05) is 0 Å². The molecule has 29 heavy (non-hydrogen) atoms. The lowest BCUT2D eigenvalue weighted by Gasteiger charge is -2.32. The minimum absolute atomic E-state index is 0.250. The van der Waals surface area contributed by atoms with Crippen LogP contribution in [0.3, 0.4) is 0 Å². The lowest BCUT2D eigenvalue weighted by Crippen LogP contribution is -2.49. The maximum atomic E-state index is 14.2. The minimum Gasteiger partial charge on any atom is -0.483 e. The average molecular weight is 420 g/mol. The van der Waals surface area contributed by atoms with Crippen LogP contribution in [-0.4, -0.2) is 54.6 Å². The second-order valence-corrected chi connectivity index (χ2v) is 8.31. The van der Waals surface area contributed by atoms with Gasteiger partial charge in [-0.1, -0.05) is 12.1 Å². The fraction of sp³-hybridized carbons (Fsp3) is 0.263. The molecule has 8 nitrogen and oxygen atoms in total. The summed E-state index contributed by atoms with van der Waals surface area (Å²) in [4.78, 5) is 14.5. The number of anilines is 1. The van der Waals surface area contributed by atoms with Crippen LogP contribution in [0, 0.1) is 5.82 Å². The second-order valence-electron chi connectivity index (χ2n) is 6.52. The van der Waals surface area contributed by atoms with Crippen LogP contribution in [0.15, 0.2) is 53.7 Å². The summed E-state index contributed by atoms with van der Waals surface area (Å²) < 4.78 is 41.5. The summed E-state index contributed by atoms with van der Waals surface area (Å²) in [6.45, 7) is 4.13. The van der Waals surface area contributed by atoms with Crippen molar-refractivity contribution in [3.05, 3.63) is 54.6 Å². The first kappa shape index (κ1) is 20.7. The third-order valence-electron chi connectivity index (χ3n) is 4.59. The number of halogens is 1. The Morgan fingerprint density at radius 3 is 2.69 bits per heavy atom. The van der Waals surface area contributed by atoms with Crippen molar-refractivity contribution in [2.24, 2.45) is 0 Å². The van der Waals surface area contributed by atoms with Gasteiger partial charge in [0.15, 0.2) is 0 Å². The van der Waals surface area contributed by atoms with Crippen LogP contribution in [0.25, 0.3) is 11.0 Å². The number of fused-ring (bicyclic) bond motifs is 1. The van der Waals surface area contributed by atoms with E-state index in [4.69, 9.17) is 9.90 Å². The highest BCUT2D eigenvalue weighted by molar-refractivity contribution is 7.90. The van der Waals surface area contributed by atoms with Crippen molar-refractivity contribution in [1.82, 2.24) is 14.3 Å². The van der Waals surface area contributed by atoms with Gasteiger partial charge in [-0.15, -0.1) is 0 Å². The average Bonchev–Trinajstić information content (AvgIpc) is 3.09. The van der Waals surface area contributed by atoms with Crippen LogP contribution in [-0.2, 0) is 14.8 Å². The monoisotopic (exact) mass is 420 g/mol. The summed E-state index contributed by atoms with van der Waals surface area (Å²) in [6, 6.07) is 9.06. The third kappa shape index (κ3) is 4.08. The van der Waals surface area contributed by atoms with Crippen LogP contribution >= 0.6 is 0 Å². The van der Waals surface area contributed by atoms with Crippen molar-refractivity contribution in [3.8, 4) is 0 Å². The van der Waals surface area contributed by atoms with Crippen molar-refractivity contribution < 1.29 is 22.7 Å². The molecule has 3 heterocycles. The smallest absolute Gasteiger partial charge is 0.290 e. The fourth-order valence-corrected chi connectivity index (χ4v) is 4.78. The first-order valence-electron chi connectivity index (χ1n) is 8.92. The van der Waals surface area contributed by atoms with Crippen molar-refractivity contribution in [3.63, 3.8) is 0 Å². The molecule has 0 bridgehead atoms. The van der Waals surface area contributed by atoms with E-state index >= 15 is 0 Å². The molecule has 1 atom stereocenters. The third-order valence-corrected chi connectivity index (χ3v) is 6.30. The van der Waals surface area contributed by atoms with E-state index < -0.39 is 15.8 Å². The summed E-state index contributed by atoms with van der Waals surface area (Å²) in [7, 11) is -4.07. The number of rotatable bonds is 3. The molecule has 1 aliphatic rings. The first-order chi connectivity index (χ1) is 13.9. The van der Waals surface area contributed by atoms with E-state index in [-0.39, 0.29) is 17.4 Å². The number of nitrogens with one attached hydrogen (secondary N) is 1. The molecule has 1 saturated heterocycles. The van der Waals surface area contributed by atoms with Crippen molar-refractivity contribution >= 4 is 33.2 Å². The van der Waals surface area contributed by atoms with Crippen LogP contribution in [0.2, 0.25) is 0 Å². The van der Waals surface area contributed by atoms with Gasteiger partial charge in [-0.05, 0) is 31.2 Å². The molecule has 0 saturated carbocycles. The number of piperazine rings is 1. The number of aromatic nitrogens is 2. The van der Waals surface area contributed by atoms with Crippen molar-refractivity contribution in [1.29, 1.82) is 0 Å². The first-order valence-corrected chi connectivity index (χ1v) is 10.4. The molecule has 2 N–H and O–H groups in total. The van der Waals surface area contributed by atoms with Crippen LogP contribution in [0.5, 0.6) is 0 Å². The van der Waals surface area contributed by atoms with Gasteiger partial charge in [-0.25, -0.2) is 16.8 Å². The van der Waals surface area contributed by atoms with Gasteiger partial charge in [0.1, 0.15) is 16.2 Å². The van der Waals surface area contributed by atoms with E-state index in [1.165, 1.54) is 18.2 Å². The molecule has 0 amide bonds. The summed E-state index contributed by atoms with van der Waals surface area (Å²) in [5.74, 6) is -0.768. The van der Waals surface area contributed by atoms with Crippen molar-refractivity contribution in [2.45, 2.75) is 17.9 Å². The van der Waals surface area contributed by atoms with E-state index in [0.717, 1.165) is 35.4 Å². The highest BCUT2D eigenvalue weighted by atomic mass is 32.2. The number of benzene rings is 1. The number of hydrogen-bond donors (Lipinski definition) is 2. The summed E-state index contributed by atoms with van der Waals surface area (Å²) in [6.07, 6.45) is 3.19. The highest BCUT2D eigenvalue weighted by Gasteiger charge is 2.27. The maximum absolute atomic E-state index is 14.2. The highest BCUT2D eigenvalue weighted by Crippen LogP contribution is 2.31. The number of carbonyl (C=O) groups is 1. The molecule has 0 spiro atoms. The number of nitrogens with zero attached hydrogens (tertiary/aromatic N) is 3. The molecule has 154 valence electrons. The number of pyridine rings is 1. The fourth-order valence-electron chi connectivity index (χ4n) is 3.36.